The molecule has 0 radical (unpaired) electrons. The van der Waals surface area contributed by atoms with E-state index in [0.29, 0.717) is 16.8 Å². The molecule has 2 aromatic heterocycles. The molecule has 2 amide bonds. The summed E-state index contributed by atoms with van der Waals surface area (Å²) in [6.45, 7) is 1.62. The largest absolute Gasteiger partial charge is 0.356 e. The first-order valence-electron chi connectivity index (χ1n) is 12.4. The summed E-state index contributed by atoms with van der Waals surface area (Å²) in [4.78, 5) is 17.6. The quantitative estimate of drug-likeness (QED) is 0.263. The van der Waals surface area contributed by atoms with E-state index in [0.717, 1.165) is 22.4 Å². The average Bonchev–Trinajstić information content (AvgIpc) is 3.27. The Bertz CT molecular complexity index is 1820. The van der Waals surface area contributed by atoms with E-state index in [-0.39, 0.29) is 16.9 Å². The number of amides is 2. The summed E-state index contributed by atoms with van der Waals surface area (Å²) in [6.07, 6.45) is 5.46. The average molecular weight is 561 g/mol. The Morgan fingerprint density at radius 2 is 1.68 bits per heavy atom. The van der Waals surface area contributed by atoms with Gasteiger partial charge in [0.2, 0.25) is 0 Å². The molecule has 0 aliphatic heterocycles. The molecule has 0 bridgehead atoms. The first kappa shape index (κ1) is 27.0. The van der Waals surface area contributed by atoms with Gasteiger partial charge in [-0.15, -0.1) is 0 Å². The van der Waals surface area contributed by atoms with Crippen molar-refractivity contribution in [3.8, 4) is 11.1 Å². The molecule has 0 saturated heterocycles. The summed E-state index contributed by atoms with van der Waals surface area (Å²) in [5.41, 5.74) is 2.63. The van der Waals surface area contributed by atoms with Crippen LogP contribution in [0.3, 0.4) is 0 Å². The maximum atomic E-state index is 14.0. The minimum absolute atomic E-state index is 0.0383. The number of nitrogens with zero attached hydrogens (tertiary/aromatic N) is 2. The van der Waals surface area contributed by atoms with Gasteiger partial charge in [-0.25, -0.2) is 26.7 Å². The molecular formula is C30H26F2N4O3S. The second-order valence-electron chi connectivity index (χ2n) is 9.58. The van der Waals surface area contributed by atoms with Gasteiger partial charge in [-0.3, -0.25) is 4.98 Å². The van der Waals surface area contributed by atoms with E-state index in [9.17, 15) is 22.0 Å². The maximum Gasteiger partial charge on any atom is 0.329 e. The number of nitrogens with one attached hydrogen (secondary N) is 2. The number of aromatic nitrogens is 2. The van der Waals surface area contributed by atoms with Crippen LogP contribution in [0.15, 0.2) is 96.3 Å². The van der Waals surface area contributed by atoms with Gasteiger partial charge in [0, 0.05) is 37.3 Å². The van der Waals surface area contributed by atoms with Crippen molar-refractivity contribution >= 4 is 26.8 Å². The normalized spacial score (nSPS) is 12.3. The van der Waals surface area contributed by atoms with Gasteiger partial charge < -0.3 is 9.88 Å². The maximum absolute atomic E-state index is 14.0. The van der Waals surface area contributed by atoms with Crippen LogP contribution in [-0.2, 0) is 23.5 Å². The van der Waals surface area contributed by atoms with Crippen molar-refractivity contribution in [2.24, 2.45) is 7.05 Å². The highest BCUT2D eigenvalue weighted by Gasteiger charge is 2.25. The van der Waals surface area contributed by atoms with Crippen LogP contribution < -0.4 is 10.0 Å². The third-order valence-corrected chi connectivity index (χ3v) is 8.02. The Labute approximate surface area is 230 Å². The number of aryl methyl sites for hydroxylation is 2. The molecule has 2 heterocycles. The number of urea groups is 1. The summed E-state index contributed by atoms with van der Waals surface area (Å²) >= 11 is 0. The number of sulfonamides is 1. The number of rotatable bonds is 7. The molecule has 10 heteroatoms. The number of benzene rings is 3. The lowest BCUT2D eigenvalue weighted by atomic mass is 9.95. The molecule has 0 aliphatic carbocycles. The van der Waals surface area contributed by atoms with Gasteiger partial charge in [-0.05, 0) is 71.1 Å². The molecule has 40 heavy (non-hydrogen) atoms. The SMILES string of the molecule is Cc1ccccc1S(=O)(=O)NC(=O)N[C@@H](Cc1cc(F)cc(F)c1)c1ncccc1-c1ccc2cn(C)cc2c1. The molecule has 5 rings (SSSR count). The van der Waals surface area contributed by atoms with Crippen LogP contribution in [0.1, 0.15) is 22.9 Å². The fraction of sp³-hybridized carbons (Fsp3) is 0.133. The number of hydrogen-bond donors (Lipinski definition) is 2. The predicted molar refractivity (Wildman–Crippen MR) is 149 cm³/mol. The van der Waals surface area contributed by atoms with Crippen molar-refractivity contribution in [1.29, 1.82) is 0 Å². The van der Waals surface area contributed by atoms with E-state index in [1.807, 2.05) is 48.3 Å². The van der Waals surface area contributed by atoms with Crippen molar-refractivity contribution in [3.05, 3.63) is 120 Å². The molecule has 204 valence electrons. The van der Waals surface area contributed by atoms with Gasteiger partial charge in [-0.1, -0.05) is 36.4 Å². The predicted octanol–water partition coefficient (Wildman–Crippen LogP) is 5.80. The Morgan fingerprint density at radius 1 is 0.950 bits per heavy atom. The van der Waals surface area contributed by atoms with Crippen molar-refractivity contribution in [1.82, 2.24) is 19.6 Å². The standard InChI is InChI=1S/C30H26F2N4O3S/c1-19-6-3-4-8-28(19)40(38,39)35-30(37)34-27(14-20-12-24(31)16-25(32)13-20)29-26(7-5-11-33-29)21-9-10-22-17-36(2)18-23(22)15-21/h3-13,15-18,27H,14H2,1-2H3,(H2,34,35,37)/t27-/m0/s1. The third kappa shape index (κ3) is 5.86. The van der Waals surface area contributed by atoms with E-state index >= 15 is 0 Å². The lowest BCUT2D eigenvalue weighted by Crippen LogP contribution is -2.42. The summed E-state index contributed by atoms with van der Waals surface area (Å²) in [6, 6.07) is 16.9. The van der Waals surface area contributed by atoms with Crippen molar-refractivity contribution < 1.29 is 22.0 Å². The van der Waals surface area contributed by atoms with Gasteiger partial charge in [0.05, 0.1) is 16.6 Å². The van der Waals surface area contributed by atoms with Gasteiger partial charge >= 0.3 is 6.03 Å². The molecule has 0 saturated carbocycles. The highest BCUT2D eigenvalue weighted by Crippen LogP contribution is 2.31. The fourth-order valence-electron chi connectivity index (χ4n) is 4.79. The van der Waals surface area contributed by atoms with Crippen LogP contribution in [0.25, 0.3) is 21.9 Å². The first-order chi connectivity index (χ1) is 19.1. The zero-order valence-corrected chi connectivity index (χ0v) is 22.5. The number of fused-ring (bicyclic) bond motifs is 1. The summed E-state index contributed by atoms with van der Waals surface area (Å²) in [7, 11) is -2.27. The topological polar surface area (TPSA) is 93.1 Å². The molecule has 0 fully saturated rings. The van der Waals surface area contributed by atoms with E-state index < -0.39 is 33.7 Å². The van der Waals surface area contributed by atoms with Crippen molar-refractivity contribution in [3.63, 3.8) is 0 Å². The highest BCUT2D eigenvalue weighted by atomic mass is 32.2. The Hall–Kier alpha value is -4.57. The minimum Gasteiger partial charge on any atom is -0.356 e. The summed E-state index contributed by atoms with van der Waals surface area (Å²) in [5.74, 6) is -1.53. The van der Waals surface area contributed by atoms with Gasteiger partial charge in [-0.2, -0.15) is 0 Å². The monoisotopic (exact) mass is 560 g/mol. The zero-order chi connectivity index (χ0) is 28.4. The number of hydrogen-bond acceptors (Lipinski definition) is 4. The van der Waals surface area contributed by atoms with E-state index in [4.69, 9.17) is 0 Å². The smallest absolute Gasteiger partial charge is 0.329 e. The lowest BCUT2D eigenvalue weighted by Gasteiger charge is -2.22. The number of pyridine rings is 1. The number of carbonyl (C=O) groups is 1. The number of halogens is 2. The fourth-order valence-corrected chi connectivity index (χ4v) is 5.95. The summed E-state index contributed by atoms with van der Waals surface area (Å²) in [5, 5.41) is 4.71. The third-order valence-electron chi connectivity index (χ3n) is 6.53. The molecule has 2 N–H and O–H groups in total. The van der Waals surface area contributed by atoms with Gasteiger partial charge in [0.1, 0.15) is 11.6 Å². The van der Waals surface area contributed by atoms with Crippen LogP contribution in [0.2, 0.25) is 0 Å². The first-order valence-corrected chi connectivity index (χ1v) is 13.9. The van der Waals surface area contributed by atoms with E-state index in [1.54, 1.807) is 37.4 Å². The minimum atomic E-state index is -4.19. The summed E-state index contributed by atoms with van der Waals surface area (Å²) < 4.78 is 58.0. The Balaban J connectivity index is 1.53. The molecule has 0 unspecified atom stereocenters. The molecule has 1 atom stereocenters. The Kier molecular flexibility index (Phi) is 7.36. The second kappa shape index (κ2) is 10.9. The zero-order valence-electron chi connectivity index (χ0n) is 21.7. The van der Waals surface area contributed by atoms with Crippen LogP contribution >= 0.6 is 0 Å². The lowest BCUT2D eigenvalue weighted by molar-refractivity contribution is 0.242. The van der Waals surface area contributed by atoms with E-state index in [2.05, 4.69) is 15.0 Å². The van der Waals surface area contributed by atoms with Crippen molar-refractivity contribution in [2.75, 3.05) is 0 Å². The van der Waals surface area contributed by atoms with Crippen LogP contribution in [0, 0.1) is 18.6 Å². The second-order valence-corrected chi connectivity index (χ2v) is 11.2. The van der Waals surface area contributed by atoms with Crippen LogP contribution in [0.5, 0.6) is 0 Å². The van der Waals surface area contributed by atoms with Crippen LogP contribution in [0.4, 0.5) is 13.6 Å². The van der Waals surface area contributed by atoms with Gasteiger partial charge in [0.15, 0.2) is 0 Å². The molecule has 0 spiro atoms. The van der Waals surface area contributed by atoms with Crippen molar-refractivity contribution in [2.45, 2.75) is 24.3 Å². The molecule has 5 aromatic rings. The van der Waals surface area contributed by atoms with Gasteiger partial charge in [0.25, 0.3) is 10.0 Å². The highest BCUT2D eigenvalue weighted by molar-refractivity contribution is 7.90. The molecule has 3 aromatic carbocycles. The molecule has 7 nitrogen and oxygen atoms in total. The van der Waals surface area contributed by atoms with Crippen LogP contribution in [-0.4, -0.2) is 24.0 Å². The number of carbonyl (C=O) groups excluding carboxylic acids is 1. The Morgan fingerprint density at radius 3 is 2.42 bits per heavy atom. The molecule has 0 aliphatic rings. The van der Waals surface area contributed by atoms with E-state index in [1.165, 1.54) is 18.2 Å². The molecular weight excluding hydrogens is 534 g/mol.